The molecule has 0 aliphatic rings. The van der Waals surface area contributed by atoms with Crippen LogP contribution < -0.4 is 4.90 Å². The third-order valence-corrected chi connectivity index (χ3v) is 10.6. The molecular weight excluding hydrogens is 591 g/mol. The number of para-hydroxylation sites is 1. The molecule has 0 aliphatic carbocycles. The summed E-state index contributed by atoms with van der Waals surface area (Å²) >= 11 is 1.85. The second kappa shape index (κ2) is 10.3. The number of anilines is 3. The normalized spacial score (nSPS) is 11.8. The molecule has 0 spiro atoms. The average molecular weight is 618 g/mol. The zero-order valence-corrected chi connectivity index (χ0v) is 26.2. The van der Waals surface area contributed by atoms with Crippen LogP contribution >= 0.6 is 11.3 Å². The van der Waals surface area contributed by atoms with Crippen molar-refractivity contribution in [3.8, 4) is 11.1 Å². The summed E-state index contributed by atoms with van der Waals surface area (Å²) in [6.07, 6.45) is 0. The molecule has 10 aromatic rings. The Morgan fingerprint density at radius 2 is 1.11 bits per heavy atom. The number of nitrogens with zero attached hydrogens (tertiary/aromatic N) is 1. The summed E-state index contributed by atoms with van der Waals surface area (Å²) in [6.45, 7) is 0. The third-order valence-electron chi connectivity index (χ3n) is 9.44. The molecule has 0 bridgehead atoms. The minimum absolute atomic E-state index is 0.876. The van der Waals surface area contributed by atoms with Crippen molar-refractivity contribution < 1.29 is 4.42 Å². The highest BCUT2D eigenvalue weighted by molar-refractivity contribution is 7.25. The number of thiophene rings is 1. The summed E-state index contributed by atoms with van der Waals surface area (Å²) in [5.74, 6) is 0. The number of hydrogen-bond donors (Lipinski definition) is 0. The molecule has 3 heteroatoms. The lowest BCUT2D eigenvalue weighted by molar-refractivity contribution is 0.669. The van der Waals surface area contributed by atoms with Crippen LogP contribution in [0.15, 0.2) is 168 Å². The number of fused-ring (bicyclic) bond motifs is 9. The molecule has 47 heavy (non-hydrogen) atoms. The summed E-state index contributed by atoms with van der Waals surface area (Å²) in [5, 5.41) is 9.67. The van der Waals surface area contributed by atoms with Crippen molar-refractivity contribution in [1.82, 2.24) is 0 Å². The van der Waals surface area contributed by atoms with Gasteiger partial charge in [-0.1, -0.05) is 127 Å². The Hall–Kier alpha value is -5.90. The molecule has 8 aromatic carbocycles. The second-order valence-electron chi connectivity index (χ2n) is 12.1. The molecule has 0 saturated carbocycles. The molecule has 0 fully saturated rings. The number of benzene rings is 8. The average Bonchev–Trinajstić information content (AvgIpc) is 3.70. The summed E-state index contributed by atoms with van der Waals surface area (Å²) in [5.41, 5.74) is 7.26. The molecule has 220 valence electrons. The van der Waals surface area contributed by atoms with Gasteiger partial charge in [0.05, 0.1) is 11.4 Å². The van der Waals surface area contributed by atoms with Gasteiger partial charge in [0.25, 0.3) is 0 Å². The molecule has 0 N–H and O–H groups in total. The van der Waals surface area contributed by atoms with Crippen LogP contribution in [0.3, 0.4) is 0 Å². The van der Waals surface area contributed by atoms with E-state index in [1.54, 1.807) is 0 Å². The zero-order valence-electron chi connectivity index (χ0n) is 25.4. The number of furan rings is 1. The van der Waals surface area contributed by atoms with Gasteiger partial charge in [-0.15, -0.1) is 11.3 Å². The SMILES string of the molecule is c1ccc(-c2ccc3c(oc4ccccc43)c2N(c2ccc3c(c2)sc2ccccc23)c2cc3ccccc3c3ccccc23)cc1. The molecule has 2 heterocycles. The van der Waals surface area contributed by atoms with Gasteiger partial charge in [0, 0.05) is 47.6 Å². The van der Waals surface area contributed by atoms with E-state index in [0.29, 0.717) is 0 Å². The summed E-state index contributed by atoms with van der Waals surface area (Å²) in [7, 11) is 0. The van der Waals surface area contributed by atoms with Gasteiger partial charge < -0.3 is 9.32 Å². The van der Waals surface area contributed by atoms with Gasteiger partial charge in [-0.3, -0.25) is 0 Å². The van der Waals surface area contributed by atoms with E-state index in [-0.39, 0.29) is 0 Å². The predicted molar refractivity (Wildman–Crippen MR) is 202 cm³/mol. The van der Waals surface area contributed by atoms with Crippen molar-refractivity contribution >= 4 is 92.1 Å². The molecular formula is C44H27NOS. The highest BCUT2D eigenvalue weighted by atomic mass is 32.1. The smallest absolute Gasteiger partial charge is 0.160 e. The van der Waals surface area contributed by atoms with E-state index in [1.165, 1.54) is 41.7 Å². The summed E-state index contributed by atoms with van der Waals surface area (Å²) in [6, 6.07) is 59.0. The quantitative estimate of drug-likeness (QED) is 0.183. The maximum Gasteiger partial charge on any atom is 0.160 e. The number of hydrogen-bond acceptors (Lipinski definition) is 3. The Morgan fingerprint density at radius 1 is 0.447 bits per heavy atom. The Bertz CT molecular complexity index is 2810. The van der Waals surface area contributed by atoms with Gasteiger partial charge in [-0.05, 0) is 58.1 Å². The molecule has 10 rings (SSSR count). The highest BCUT2D eigenvalue weighted by Crippen LogP contribution is 2.50. The zero-order chi connectivity index (χ0) is 30.9. The lowest BCUT2D eigenvalue weighted by Crippen LogP contribution is -2.12. The molecule has 0 atom stereocenters. The van der Waals surface area contributed by atoms with Crippen molar-refractivity contribution in [2.45, 2.75) is 0 Å². The summed E-state index contributed by atoms with van der Waals surface area (Å²) < 4.78 is 9.42. The van der Waals surface area contributed by atoms with Gasteiger partial charge in [0.1, 0.15) is 5.58 Å². The molecule has 0 radical (unpaired) electrons. The Morgan fingerprint density at radius 3 is 1.98 bits per heavy atom. The van der Waals surface area contributed by atoms with Gasteiger partial charge in [0.15, 0.2) is 5.58 Å². The van der Waals surface area contributed by atoms with Gasteiger partial charge >= 0.3 is 0 Å². The first-order chi connectivity index (χ1) is 23.3. The number of rotatable bonds is 4. The molecule has 2 nitrogen and oxygen atoms in total. The van der Waals surface area contributed by atoms with Gasteiger partial charge in [0.2, 0.25) is 0 Å². The molecule has 0 saturated heterocycles. The fourth-order valence-corrected chi connectivity index (χ4v) is 8.45. The fraction of sp³-hybridized carbons (Fsp3) is 0. The van der Waals surface area contributed by atoms with Crippen LogP contribution in [0.2, 0.25) is 0 Å². The predicted octanol–water partition coefficient (Wildman–Crippen LogP) is 13.4. The third kappa shape index (κ3) is 4.04. The van der Waals surface area contributed by atoms with Crippen LogP contribution in [-0.4, -0.2) is 0 Å². The minimum Gasteiger partial charge on any atom is -0.454 e. The fourth-order valence-electron chi connectivity index (χ4n) is 7.31. The topological polar surface area (TPSA) is 16.4 Å². The molecule has 2 aromatic heterocycles. The maximum absolute atomic E-state index is 6.87. The largest absolute Gasteiger partial charge is 0.454 e. The van der Waals surface area contributed by atoms with Gasteiger partial charge in [-0.25, -0.2) is 0 Å². The van der Waals surface area contributed by atoms with Gasteiger partial charge in [-0.2, -0.15) is 0 Å². The van der Waals surface area contributed by atoms with E-state index in [4.69, 9.17) is 4.42 Å². The maximum atomic E-state index is 6.87. The van der Waals surface area contributed by atoms with E-state index in [9.17, 15) is 0 Å². The van der Waals surface area contributed by atoms with Crippen molar-refractivity contribution in [3.63, 3.8) is 0 Å². The molecule has 0 aliphatic heterocycles. The Kier molecular flexibility index (Phi) is 5.78. The summed E-state index contributed by atoms with van der Waals surface area (Å²) in [4.78, 5) is 2.45. The van der Waals surface area contributed by atoms with E-state index in [1.807, 2.05) is 17.4 Å². The lowest BCUT2D eigenvalue weighted by Gasteiger charge is -2.29. The van der Waals surface area contributed by atoms with Crippen molar-refractivity contribution in [2.24, 2.45) is 0 Å². The van der Waals surface area contributed by atoms with Crippen LogP contribution in [0.4, 0.5) is 17.1 Å². The highest BCUT2D eigenvalue weighted by Gasteiger charge is 2.26. The van der Waals surface area contributed by atoms with Crippen molar-refractivity contribution in [3.05, 3.63) is 164 Å². The first-order valence-electron chi connectivity index (χ1n) is 15.9. The lowest BCUT2D eigenvalue weighted by atomic mass is 9.96. The van der Waals surface area contributed by atoms with E-state index >= 15 is 0 Å². The van der Waals surface area contributed by atoms with Crippen LogP contribution in [0, 0.1) is 0 Å². The minimum atomic E-state index is 0.876. The van der Waals surface area contributed by atoms with Crippen LogP contribution in [0.25, 0.3) is 74.8 Å². The molecule has 0 amide bonds. The van der Waals surface area contributed by atoms with E-state index in [0.717, 1.165) is 50.1 Å². The monoisotopic (exact) mass is 617 g/mol. The van der Waals surface area contributed by atoms with E-state index < -0.39 is 0 Å². The van der Waals surface area contributed by atoms with Crippen LogP contribution in [-0.2, 0) is 0 Å². The van der Waals surface area contributed by atoms with E-state index in [2.05, 4.69) is 163 Å². The Labute approximate surface area is 275 Å². The standard InChI is InChI=1S/C44H27NOS/c1-2-12-28(13-3-1)32-24-25-38-35-18-8-10-20-40(35)46-44(38)43(32)45(30-22-23-37-36-19-9-11-21-41(36)47-42(37)27-30)39-26-29-14-4-5-15-31(29)33-16-6-7-17-34(33)39/h1-27H. The first-order valence-corrected chi connectivity index (χ1v) is 16.7. The Balaban J connectivity index is 1.38. The van der Waals surface area contributed by atoms with Crippen molar-refractivity contribution in [1.29, 1.82) is 0 Å². The van der Waals surface area contributed by atoms with Crippen LogP contribution in [0.1, 0.15) is 0 Å². The van der Waals surface area contributed by atoms with Crippen molar-refractivity contribution in [2.75, 3.05) is 4.90 Å². The van der Waals surface area contributed by atoms with Crippen LogP contribution in [0.5, 0.6) is 0 Å². The second-order valence-corrected chi connectivity index (χ2v) is 13.2. The first kappa shape index (κ1) is 26.3. The molecule has 0 unspecified atom stereocenters.